The van der Waals surface area contributed by atoms with E-state index in [2.05, 4.69) is 0 Å². The van der Waals surface area contributed by atoms with E-state index in [1.165, 1.54) is 24.0 Å². The van der Waals surface area contributed by atoms with Crippen LogP contribution >= 0.6 is 0 Å². The number of likely N-dealkylation sites (tertiary alicyclic amines) is 1. The third-order valence-corrected chi connectivity index (χ3v) is 7.27. The Morgan fingerprint density at radius 2 is 1.47 bits per heavy atom. The highest BCUT2D eigenvalue weighted by atomic mass is 19.4. The zero-order valence-corrected chi connectivity index (χ0v) is 20.4. The van der Waals surface area contributed by atoms with Gasteiger partial charge in [0.25, 0.3) is 0 Å². The van der Waals surface area contributed by atoms with Crippen molar-refractivity contribution in [1.82, 2.24) is 4.90 Å². The van der Waals surface area contributed by atoms with Gasteiger partial charge in [0.2, 0.25) is 0 Å². The number of piperidine rings is 1. The van der Waals surface area contributed by atoms with E-state index >= 15 is 0 Å². The molecule has 3 nitrogen and oxygen atoms in total. The molecule has 1 heterocycles. The van der Waals surface area contributed by atoms with E-state index in [4.69, 9.17) is 0 Å². The molecule has 0 radical (unpaired) electrons. The van der Waals surface area contributed by atoms with Gasteiger partial charge in [0.1, 0.15) is 0 Å². The second-order valence-electron chi connectivity index (χ2n) is 9.48. The third-order valence-electron chi connectivity index (χ3n) is 7.27. The molecule has 0 bridgehead atoms. The van der Waals surface area contributed by atoms with Crippen molar-refractivity contribution in [3.63, 3.8) is 0 Å². The van der Waals surface area contributed by atoms with Crippen molar-refractivity contribution in [2.24, 2.45) is 11.8 Å². The summed E-state index contributed by atoms with van der Waals surface area (Å²) in [5, 5.41) is 9.62. The molecule has 0 aromatic heterocycles. The van der Waals surface area contributed by atoms with Crippen molar-refractivity contribution in [3.8, 4) is 0 Å². The van der Waals surface area contributed by atoms with E-state index in [9.17, 15) is 49.4 Å². The second-order valence-corrected chi connectivity index (χ2v) is 9.48. The molecule has 1 fully saturated rings. The molecule has 12 heteroatoms. The van der Waals surface area contributed by atoms with Crippen LogP contribution in [0.2, 0.25) is 0 Å². The first-order chi connectivity index (χ1) is 17.4. The fraction of sp³-hybridized carbons (Fsp3) is 0.500. The van der Waals surface area contributed by atoms with Gasteiger partial charge in [-0.25, -0.2) is 0 Å². The Bertz CT molecular complexity index is 1120. The summed E-state index contributed by atoms with van der Waals surface area (Å²) >= 11 is 0. The maximum atomic E-state index is 13.8. The Morgan fingerprint density at radius 3 is 1.95 bits per heavy atom. The van der Waals surface area contributed by atoms with E-state index in [0.717, 1.165) is 12.1 Å². The van der Waals surface area contributed by atoms with Gasteiger partial charge in [0, 0.05) is 12.1 Å². The Balaban J connectivity index is 2.10. The minimum Gasteiger partial charge on any atom is -0.481 e. The summed E-state index contributed by atoms with van der Waals surface area (Å²) in [6, 6.07) is 3.15. The van der Waals surface area contributed by atoms with Crippen LogP contribution in [0.25, 0.3) is 0 Å². The number of carbonyl (C=O) groups is 1. The topological polar surface area (TPSA) is 40.5 Å². The molecular weight excluding hydrogens is 529 g/mol. The molecule has 0 saturated carbocycles. The lowest BCUT2D eigenvalue weighted by Crippen LogP contribution is -2.42. The first kappa shape index (κ1) is 29.8. The quantitative estimate of drug-likeness (QED) is 0.364. The fourth-order valence-corrected chi connectivity index (χ4v) is 5.29. The van der Waals surface area contributed by atoms with Crippen LogP contribution in [-0.2, 0) is 23.3 Å². The molecule has 38 heavy (non-hydrogen) atoms. The number of alkyl halides is 9. The van der Waals surface area contributed by atoms with Crippen molar-refractivity contribution in [2.45, 2.75) is 63.7 Å². The first-order valence-electron chi connectivity index (χ1n) is 11.9. The lowest BCUT2D eigenvalue weighted by molar-refractivity contribution is -0.145. The van der Waals surface area contributed by atoms with Gasteiger partial charge in [0.05, 0.1) is 22.6 Å². The van der Waals surface area contributed by atoms with Gasteiger partial charge in [-0.1, -0.05) is 19.1 Å². The van der Waals surface area contributed by atoms with E-state index in [-0.39, 0.29) is 25.8 Å². The largest absolute Gasteiger partial charge is 0.481 e. The Morgan fingerprint density at radius 1 is 0.921 bits per heavy atom. The zero-order chi connectivity index (χ0) is 28.6. The molecule has 1 saturated heterocycles. The molecule has 0 aliphatic carbocycles. The number of carboxylic acid groups (broad SMARTS) is 1. The van der Waals surface area contributed by atoms with Crippen molar-refractivity contribution in [2.75, 3.05) is 6.54 Å². The summed E-state index contributed by atoms with van der Waals surface area (Å²) in [7, 11) is 0. The number of benzene rings is 2. The van der Waals surface area contributed by atoms with Crippen LogP contribution in [0.5, 0.6) is 0 Å². The molecule has 1 aliphatic rings. The highest BCUT2D eigenvalue weighted by molar-refractivity contribution is 5.70. The van der Waals surface area contributed by atoms with Gasteiger partial charge >= 0.3 is 24.5 Å². The minimum absolute atomic E-state index is 0.0366. The predicted octanol–water partition coefficient (Wildman–Crippen LogP) is 8.37. The van der Waals surface area contributed by atoms with Crippen molar-refractivity contribution in [3.05, 3.63) is 70.3 Å². The summed E-state index contributed by atoms with van der Waals surface area (Å²) in [6.07, 6.45) is -13.9. The van der Waals surface area contributed by atoms with Crippen LogP contribution in [0.3, 0.4) is 0 Å². The molecule has 2 aromatic rings. The first-order valence-corrected chi connectivity index (χ1v) is 11.9. The molecule has 0 amide bonds. The van der Waals surface area contributed by atoms with Crippen molar-refractivity contribution < 1.29 is 49.4 Å². The Labute approximate surface area is 213 Å². The van der Waals surface area contributed by atoms with Gasteiger partial charge in [0.15, 0.2) is 0 Å². The molecule has 210 valence electrons. The highest BCUT2D eigenvalue weighted by Crippen LogP contribution is 2.46. The number of hydrogen-bond donors (Lipinski definition) is 1. The van der Waals surface area contributed by atoms with E-state index < -0.39 is 70.7 Å². The van der Waals surface area contributed by atoms with Crippen LogP contribution in [0.15, 0.2) is 42.5 Å². The average molecular weight is 555 g/mol. The monoisotopic (exact) mass is 555 g/mol. The van der Waals surface area contributed by atoms with E-state index in [1.807, 2.05) is 0 Å². The van der Waals surface area contributed by atoms with E-state index in [1.54, 1.807) is 6.92 Å². The van der Waals surface area contributed by atoms with Crippen LogP contribution in [0.4, 0.5) is 39.5 Å². The second kappa shape index (κ2) is 10.8. The van der Waals surface area contributed by atoms with Crippen LogP contribution in [0.1, 0.15) is 73.0 Å². The van der Waals surface area contributed by atoms with Gasteiger partial charge in [-0.3, -0.25) is 9.69 Å². The number of aliphatic carboxylic acids is 1. The zero-order valence-electron chi connectivity index (χ0n) is 20.4. The molecule has 0 spiro atoms. The maximum absolute atomic E-state index is 13.8. The normalized spacial score (nSPS) is 21.2. The molecule has 3 rings (SSSR count). The van der Waals surface area contributed by atoms with Crippen LogP contribution in [0, 0.1) is 11.8 Å². The number of rotatable bonds is 6. The molecule has 1 unspecified atom stereocenters. The maximum Gasteiger partial charge on any atom is 0.416 e. The number of nitrogens with zero attached hydrogens (tertiary/aromatic N) is 1. The standard InChI is InChI=1S/C26H26F9NO2/c1-3-19(23(37)38)16-10-11-36(22(12-16)15-4-6-17(7-5-15)24(27,28)29)14(2)20-13-18(25(30,31)32)8-9-21(20)26(33,34)35/h4-9,13-14,16,19,22H,3,10-12H2,1-2H3,(H,37,38)/t14-,16+,19?,22+/m1/s1. The highest BCUT2D eigenvalue weighted by Gasteiger charge is 2.42. The smallest absolute Gasteiger partial charge is 0.416 e. The number of carboxylic acids is 1. The van der Waals surface area contributed by atoms with E-state index in [0.29, 0.717) is 23.8 Å². The number of hydrogen-bond acceptors (Lipinski definition) is 2. The SMILES string of the molecule is CCC(C(=O)O)[C@H]1CCN([C@H](C)c2cc(C(F)(F)F)ccc2C(F)(F)F)[C@H](c2ccc(C(F)(F)F)cc2)C1. The Kier molecular flexibility index (Phi) is 8.45. The summed E-state index contributed by atoms with van der Waals surface area (Å²) < 4.78 is 121. The summed E-state index contributed by atoms with van der Waals surface area (Å²) in [6.45, 7) is 3.02. The molecule has 1 N–H and O–H groups in total. The predicted molar refractivity (Wildman–Crippen MR) is 120 cm³/mol. The van der Waals surface area contributed by atoms with Crippen molar-refractivity contribution in [1.29, 1.82) is 0 Å². The number of halogens is 9. The third kappa shape index (κ3) is 6.44. The van der Waals surface area contributed by atoms with Gasteiger partial charge in [-0.15, -0.1) is 0 Å². The molecular formula is C26H26F9NO2. The van der Waals surface area contributed by atoms with Crippen LogP contribution < -0.4 is 0 Å². The lowest BCUT2D eigenvalue weighted by atomic mass is 9.77. The van der Waals surface area contributed by atoms with Gasteiger partial charge < -0.3 is 5.11 Å². The summed E-state index contributed by atoms with van der Waals surface area (Å²) in [5.74, 6) is -2.29. The fourth-order valence-electron chi connectivity index (χ4n) is 5.29. The van der Waals surface area contributed by atoms with Crippen LogP contribution in [-0.4, -0.2) is 22.5 Å². The average Bonchev–Trinajstić information content (AvgIpc) is 2.82. The summed E-state index contributed by atoms with van der Waals surface area (Å²) in [4.78, 5) is 13.3. The van der Waals surface area contributed by atoms with Gasteiger partial charge in [-0.2, -0.15) is 39.5 Å². The molecule has 2 aromatic carbocycles. The molecule has 4 atom stereocenters. The lowest BCUT2D eigenvalue weighted by Gasteiger charge is -2.45. The van der Waals surface area contributed by atoms with Crippen molar-refractivity contribution >= 4 is 5.97 Å². The van der Waals surface area contributed by atoms with Gasteiger partial charge in [-0.05, 0) is 80.1 Å². The Hall–Kier alpha value is -2.76. The molecule has 1 aliphatic heterocycles. The summed E-state index contributed by atoms with van der Waals surface area (Å²) in [5.41, 5.74) is -3.76. The minimum atomic E-state index is -4.95.